The van der Waals surface area contributed by atoms with E-state index in [0.717, 1.165) is 11.4 Å². The van der Waals surface area contributed by atoms with Crippen LogP contribution >= 0.6 is 0 Å². The Morgan fingerprint density at radius 1 is 0.957 bits per heavy atom. The number of benzene rings is 2. The molecular formula is C18H16N4O. The number of anilines is 3. The topological polar surface area (TPSA) is 58.1 Å². The van der Waals surface area contributed by atoms with Gasteiger partial charge in [0.2, 0.25) is 5.95 Å². The first-order valence-electron chi connectivity index (χ1n) is 7.21. The summed E-state index contributed by atoms with van der Waals surface area (Å²) in [6.07, 6.45) is 3.32. The van der Waals surface area contributed by atoms with Gasteiger partial charge in [-0.15, -0.1) is 0 Å². The third kappa shape index (κ3) is 3.52. The highest BCUT2D eigenvalue weighted by molar-refractivity contribution is 6.06. The van der Waals surface area contributed by atoms with Crippen molar-refractivity contribution in [3.8, 4) is 0 Å². The Bertz CT molecular complexity index is 790. The molecule has 23 heavy (non-hydrogen) atoms. The van der Waals surface area contributed by atoms with Crippen molar-refractivity contribution in [1.29, 1.82) is 0 Å². The van der Waals surface area contributed by atoms with Crippen LogP contribution in [0.5, 0.6) is 0 Å². The Hall–Kier alpha value is -3.21. The molecule has 0 bridgehead atoms. The van der Waals surface area contributed by atoms with Crippen molar-refractivity contribution < 1.29 is 4.79 Å². The molecule has 5 heteroatoms. The molecule has 3 aromatic rings. The molecule has 0 radical (unpaired) electrons. The Kier molecular flexibility index (Phi) is 4.29. The molecule has 1 N–H and O–H groups in total. The zero-order chi connectivity index (χ0) is 16.1. The van der Waals surface area contributed by atoms with E-state index < -0.39 is 0 Å². The van der Waals surface area contributed by atoms with Gasteiger partial charge in [-0.1, -0.05) is 24.3 Å². The normalized spacial score (nSPS) is 10.1. The highest BCUT2D eigenvalue weighted by Gasteiger charge is 2.13. The maximum atomic E-state index is 12.6. The van der Waals surface area contributed by atoms with Crippen molar-refractivity contribution in [1.82, 2.24) is 9.97 Å². The summed E-state index contributed by atoms with van der Waals surface area (Å²) in [5, 5.41) is 3.08. The first kappa shape index (κ1) is 14.7. The number of nitrogens with zero attached hydrogens (tertiary/aromatic N) is 3. The fourth-order valence-electron chi connectivity index (χ4n) is 2.19. The number of amides is 1. The number of carbonyl (C=O) groups is 1. The minimum absolute atomic E-state index is 0.0752. The number of para-hydroxylation sites is 1. The maximum Gasteiger partial charge on any atom is 0.258 e. The Morgan fingerprint density at radius 2 is 1.70 bits per heavy atom. The van der Waals surface area contributed by atoms with Crippen molar-refractivity contribution in [3.05, 3.63) is 78.6 Å². The zero-order valence-corrected chi connectivity index (χ0v) is 12.7. The monoisotopic (exact) mass is 304 g/mol. The van der Waals surface area contributed by atoms with E-state index in [1.807, 2.05) is 42.5 Å². The third-order valence-electron chi connectivity index (χ3n) is 3.38. The van der Waals surface area contributed by atoms with Crippen LogP contribution in [-0.2, 0) is 0 Å². The molecule has 3 rings (SSSR count). The number of carbonyl (C=O) groups excluding carboxylic acids is 1. The summed E-state index contributed by atoms with van der Waals surface area (Å²) in [4.78, 5) is 22.5. The molecule has 0 spiro atoms. The van der Waals surface area contributed by atoms with Gasteiger partial charge >= 0.3 is 0 Å². The van der Waals surface area contributed by atoms with Crippen molar-refractivity contribution in [3.63, 3.8) is 0 Å². The average Bonchev–Trinajstić information content (AvgIpc) is 2.62. The highest BCUT2D eigenvalue weighted by Crippen LogP contribution is 2.18. The lowest BCUT2D eigenvalue weighted by Crippen LogP contribution is -2.26. The summed E-state index contributed by atoms with van der Waals surface area (Å²) in [7, 11) is 1.76. The van der Waals surface area contributed by atoms with Crippen LogP contribution in [0.1, 0.15) is 10.4 Å². The fourth-order valence-corrected chi connectivity index (χ4v) is 2.19. The lowest BCUT2D eigenvalue weighted by atomic mass is 10.1. The van der Waals surface area contributed by atoms with Gasteiger partial charge in [-0.2, -0.15) is 0 Å². The molecule has 0 atom stereocenters. The molecule has 2 aromatic carbocycles. The molecule has 5 nitrogen and oxygen atoms in total. The third-order valence-corrected chi connectivity index (χ3v) is 3.38. The molecule has 0 saturated heterocycles. The molecule has 0 aliphatic rings. The van der Waals surface area contributed by atoms with Gasteiger partial charge in [0.15, 0.2) is 0 Å². The molecule has 0 saturated carbocycles. The van der Waals surface area contributed by atoms with Crippen LogP contribution in [0.3, 0.4) is 0 Å². The van der Waals surface area contributed by atoms with Gasteiger partial charge in [0.25, 0.3) is 5.91 Å². The number of aromatic nitrogens is 2. The summed E-state index contributed by atoms with van der Waals surface area (Å²) < 4.78 is 0. The fraction of sp³-hybridized carbons (Fsp3) is 0.0556. The van der Waals surface area contributed by atoms with E-state index in [2.05, 4.69) is 15.3 Å². The minimum Gasteiger partial charge on any atom is -0.324 e. The highest BCUT2D eigenvalue weighted by atomic mass is 16.2. The molecule has 1 aromatic heterocycles. The van der Waals surface area contributed by atoms with Crippen molar-refractivity contribution in [2.75, 3.05) is 17.3 Å². The van der Waals surface area contributed by atoms with Crippen LogP contribution in [0.25, 0.3) is 0 Å². The van der Waals surface area contributed by atoms with Crippen LogP contribution in [0.4, 0.5) is 17.3 Å². The van der Waals surface area contributed by atoms with E-state index in [1.165, 1.54) is 0 Å². The van der Waals surface area contributed by atoms with Crippen LogP contribution in [0.15, 0.2) is 73.1 Å². The molecule has 114 valence electrons. The van der Waals surface area contributed by atoms with Crippen LogP contribution in [0, 0.1) is 0 Å². The molecule has 0 unspecified atom stereocenters. The van der Waals surface area contributed by atoms with E-state index in [1.54, 1.807) is 42.5 Å². The Morgan fingerprint density at radius 3 is 2.43 bits per heavy atom. The lowest BCUT2D eigenvalue weighted by Gasteiger charge is -2.17. The largest absolute Gasteiger partial charge is 0.324 e. The smallest absolute Gasteiger partial charge is 0.258 e. The first-order valence-corrected chi connectivity index (χ1v) is 7.21. The number of hydrogen-bond donors (Lipinski definition) is 1. The van der Waals surface area contributed by atoms with E-state index in [4.69, 9.17) is 0 Å². The summed E-state index contributed by atoms with van der Waals surface area (Å²) in [6, 6.07) is 18.6. The van der Waals surface area contributed by atoms with Crippen molar-refractivity contribution in [2.24, 2.45) is 0 Å². The van der Waals surface area contributed by atoms with Gasteiger partial charge in [-0.05, 0) is 36.4 Å². The quantitative estimate of drug-likeness (QED) is 0.801. The Labute approximate surface area is 134 Å². The second kappa shape index (κ2) is 6.70. The predicted octanol–water partition coefficient (Wildman–Crippen LogP) is 3.50. The summed E-state index contributed by atoms with van der Waals surface area (Å²) >= 11 is 0. The van der Waals surface area contributed by atoms with E-state index >= 15 is 0 Å². The predicted molar refractivity (Wildman–Crippen MR) is 90.9 cm³/mol. The van der Waals surface area contributed by atoms with E-state index in [-0.39, 0.29) is 5.91 Å². The van der Waals surface area contributed by atoms with Crippen molar-refractivity contribution in [2.45, 2.75) is 0 Å². The SMILES string of the molecule is CN(C(=O)c1cccc(Nc2ncccn2)c1)c1ccccc1. The van der Waals surface area contributed by atoms with Gasteiger partial charge in [-0.3, -0.25) is 4.79 Å². The molecular weight excluding hydrogens is 288 g/mol. The van der Waals surface area contributed by atoms with Crippen LogP contribution in [-0.4, -0.2) is 22.9 Å². The minimum atomic E-state index is -0.0752. The molecule has 0 fully saturated rings. The first-order chi connectivity index (χ1) is 11.2. The molecule has 0 aliphatic heterocycles. The van der Waals surface area contributed by atoms with Crippen LogP contribution < -0.4 is 10.2 Å². The standard InChI is InChI=1S/C18H16N4O/c1-22(16-9-3-2-4-10-16)17(23)14-7-5-8-15(13-14)21-18-19-11-6-12-20-18/h2-13H,1H3,(H,19,20,21). The Balaban J connectivity index is 1.80. The molecule has 1 heterocycles. The summed E-state index contributed by atoms with van der Waals surface area (Å²) in [5.74, 6) is 0.419. The van der Waals surface area contributed by atoms with Gasteiger partial charge in [0.1, 0.15) is 0 Å². The zero-order valence-electron chi connectivity index (χ0n) is 12.7. The second-order valence-corrected chi connectivity index (χ2v) is 4.98. The lowest BCUT2D eigenvalue weighted by molar-refractivity contribution is 0.0993. The van der Waals surface area contributed by atoms with E-state index in [0.29, 0.717) is 11.5 Å². The van der Waals surface area contributed by atoms with Crippen molar-refractivity contribution >= 4 is 23.2 Å². The summed E-state index contributed by atoms with van der Waals surface area (Å²) in [6.45, 7) is 0. The second-order valence-electron chi connectivity index (χ2n) is 4.98. The molecule has 0 aliphatic carbocycles. The number of hydrogen-bond acceptors (Lipinski definition) is 4. The van der Waals surface area contributed by atoms with Gasteiger partial charge in [0, 0.05) is 36.4 Å². The van der Waals surface area contributed by atoms with Gasteiger partial charge in [0.05, 0.1) is 0 Å². The van der Waals surface area contributed by atoms with E-state index in [9.17, 15) is 4.79 Å². The number of rotatable bonds is 4. The maximum absolute atomic E-state index is 12.6. The average molecular weight is 304 g/mol. The summed E-state index contributed by atoms with van der Waals surface area (Å²) in [5.41, 5.74) is 2.21. The molecule has 1 amide bonds. The number of nitrogens with one attached hydrogen (secondary N) is 1. The van der Waals surface area contributed by atoms with Crippen LogP contribution in [0.2, 0.25) is 0 Å². The van der Waals surface area contributed by atoms with Gasteiger partial charge in [-0.25, -0.2) is 9.97 Å². The van der Waals surface area contributed by atoms with Gasteiger partial charge < -0.3 is 10.2 Å².